The van der Waals surface area contributed by atoms with Gasteiger partial charge in [-0.3, -0.25) is 4.79 Å². The van der Waals surface area contributed by atoms with Crippen LogP contribution in [0, 0.1) is 0 Å². The molecule has 1 aromatic heterocycles. The van der Waals surface area contributed by atoms with Crippen LogP contribution in [-0.2, 0) is 4.79 Å². The maximum Gasteiger partial charge on any atom is 0.234 e. The Balaban J connectivity index is 1.91. The lowest BCUT2D eigenvalue weighted by Crippen LogP contribution is -2.14. The van der Waals surface area contributed by atoms with E-state index in [4.69, 9.17) is 17.3 Å². The van der Waals surface area contributed by atoms with Crippen molar-refractivity contribution in [2.75, 3.05) is 16.8 Å². The molecule has 0 aliphatic carbocycles. The third-order valence-corrected chi connectivity index (χ3v) is 4.49. The Labute approximate surface area is 118 Å². The molecule has 18 heavy (non-hydrogen) atoms. The van der Waals surface area contributed by atoms with Gasteiger partial charge in [-0.05, 0) is 29.6 Å². The highest BCUT2D eigenvalue weighted by Crippen LogP contribution is 2.25. The lowest BCUT2D eigenvalue weighted by atomic mass is 10.2. The molecule has 1 heterocycles. The minimum Gasteiger partial charge on any atom is -0.397 e. The number of anilines is 2. The average molecular weight is 299 g/mol. The number of amides is 1. The number of benzene rings is 1. The van der Waals surface area contributed by atoms with Gasteiger partial charge in [0.2, 0.25) is 5.91 Å². The first-order chi connectivity index (χ1) is 8.65. The molecule has 0 aliphatic rings. The average Bonchev–Trinajstić information content (AvgIpc) is 2.83. The fourth-order valence-corrected chi connectivity index (χ4v) is 3.08. The largest absolute Gasteiger partial charge is 0.397 e. The molecule has 2 rings (SSSR count). The van der Waals surface area contributed by atoms with E-state index in [2.05, 4.69) is 5.32 Å². The second kappa shape index (κ2) is 6.13. The number of rotatable bonds is 4. The van der Waals surface area contributed by atoms with E-state index in [1.807, 2.05) is 17.5 Å². The molecule has 0 saturated heterocycles. The Hall–Kier alpha value is -1.17. The Bertz CT molecular complexity index is 543. The van der Waals surface area contributed by atoms with Gasteiger partial charge in [-0.15, -0.1) is 23.1 Å². The summed E-state index contributed by atoms with van der Waals surface area (Å²) >= 11 is 8.91. The highest BCUT2D eigenvalue weighted by atomic mass is 35.5. The quantitative estimate of drug-likeness (QED) is 0.668. The lowest BCUT2D eigenvalue weighted by molar-refractivity contribution is -0.113. The lowest BCUT2D eigenvalue weighted by Gasteiger charge is -2.07. The highest BCUT2D eigenvalue weighted by molar-refractivity contribution is 8.01. The maximum absolute atomic E-state index is 11.7. The molecule has 0 spiro atoms. The number of halogens is 1. The molecule has 0 saturated carbocycles. The van der Waals surface area contributed by atoms with Crippen LogP contribution in [0.15, 0.2) is 39.9 Å². The van der Waals surface area contributed by atoms with E-state index in [-0.39, 0.29) is 5.91 Å². The predicted molar refractivity (Wildman–Crippen MR) is 79.5 cm³/mol. The SMILES string of the molecule is Nc1cc(Cl)ccc1NC(=O)CSc1cccs1. The minimum atomic E-state index is -0.0811. The minimum absolute atomic E-state index is 0.0811. The van der Waals surface area contributed by atoms with Gasteiger partial charge in [-0.2, -0.15) is 0 Å². The number of hydrogen-bond donors (Lipinski definition) is 2. The van der Waals surface area contributed by atoms with E-state index in [9.17, 15) is 4.79 Å². The second-order valence-electron chi connectivity index (χ2n) is 3.50. The number of carbonyl (C=O) groups is 1. The van der Waals surface area contributed by atoms with Gasteiger partial charge >= 0.3 is 0 Å². The summed E-state index contributed by atoms with van der Waals surface area (Å²) in [6.45, 7) is 0. The first-order valence-corrected chi connectivity index (χ1v) is 7.40. The molecular weight excluding hydrogens is 288 g/mol. The van der Waals surface area contributed by atoms with Crippen LogP contribution in [-0.4, -0.2) is 11.7 Å². The maximum atomic E-state index is 11.7. The summed E-state index contributed by atoms with van der Waals surface area (Å²) in [5, 5.41) is 5.30. The van der Waals surface area contributed by atoms with E-state index in [1.165, 1.54) is 11.8 Å². The molecule has 0 atom stereocenters. The zero-order valence-corrected chi connectivity index (χ0v) is 11.7. The van der Waals surface area contributed by atoms with E-state index in [0.717, 1.165) is 4.21 Å². The summed E-state index contributed by atoms with van der Waals surface area (Å²) in [5.41, 5.74) is 6.82. The predicted octanol–water partition coefficient (Wildman–Crippen LogP) is 3.71. The van der Waals surface area contributed by atoms with Crippen LogP contribution in [0.4, 0.5) is 11.4 Å². The van der Waals surface area contributed by atoms with Gasteiger partial charge < -0.3 is 11.1 Å². The summed E-state index contributed by atoms with van der Waals surface area (Å²) in [6, 6.07) is 8.95. The van der Waals surface area contributed by atoms with Crippen LogP contribution in [0.25, 0.3) is 0 Å². The molecule has 0 fully saturated rings. The zero-order valence-electron chi connectivity index (χ0n) is 9.35. The molecule has 0 aliphatic heterocycles. The Morgan fingerprint density at radius 1 is 1.44 bits per heavy atom. The van der Waals surface area contributed by atoms with E-state index >= 15 is 0 Å². The molecule has 1 aromatic carbocycles. The number of hydrogen-bond acceptors (Lipinski definition) is 4. The van der Waals surface area contributed by atoms with Crippen LogP contribution in [0.3, 0.4) is 0 Å². The van der Waals surface area contributed by atoms with Gasteiger partial charge in [0.1, 0.15) is 0 Å². The number of thiophene rings is 1. The van der Waals surface area contributed by atoms with Crippen LogP contribution >= 0.6 is 34.7 Å². The van der Waals surface area contributed by atoms with Crippen molar-refractivity contribution in [1.29, 1.82) is 0 Å². The first kappa shape index (κ1) is 13.3. The number of nitrogens with two attached hydrogens (primary N) is 1. The van der Waals surface area contributed by atoms with Gasteiger partial charge in [-0.1, -0.05) is 17.7 Å². The van der Waals surface area contributed by atoms with Crippen LogP contribution in [0.1, 0.15) is 0 Å². The van der Waals surface area contributed by atoms with Gasteiger partial charge in [0, 0.05) is 5.02 Å². The highest BCUT2D eigenvalue weighted by Gasteiger charge is 2.06. The van der Waals surface area contributed by atoms with Crippen LogP contribution < -0.4 is 11.1 Å². The fraction of sp³-hybridized carbons (Fsp3) is 0.0833. The normalized spacial score (nSPS) is 10.3. The third-order valence-electron chi connectivity index (χ3n) is 2.13. The molecular formula is C12H11ClN2OS2. The van der Waals surface area contributed by atoms with Crippen molar-refractivity contribution < 1.29 is 4.79 Å². The topological polar surface area (TPSA) is 55.1 Å². The summed E-state index contributed by atoms with van der Waals surface area (Å²) < 4.78 is 1.12. The van der Waals surface area contributed by atoms with Crippen molar-refractivity contribution >= 4 is 52.0 Å². The van der Waals surface area contributed by atoms with E-state index in [1.54, 1.807) is 29.5 Å². The van der Waals surface area contributed by atoms with Gasteiger partial charge in [0.25, 0.3) is 0 Å². The number of thioether (sulfide) groups is 1. The molecule has 2 aromatic rings. The van der Waals surface area contributed by atoms with Gasteiger partial charge in [-0.25, -0.2) is 0 Å². The van der Waals surface area contributed by atoms with E-state index < -0.39 is 0 Å². The molecule has 94 valence electrons. The molecule has 0 radical (unpaired) electrons. The van der Waals surface area contributed by atoms with Crippen molar-refractivity contribution in [2.45, 2.75) is 4.21 Å². The monoisotopic (exact) mass is 298 g/mol. The van der Waals surface area contributed by atoms with Crippen molar-refractivity contribution in [1.82, 2.24) is 0 Å². The van der Waals surface area contributed by atoms with Crippen molar-refractivity contribution in [3.05, 3.63) is 40.7 Å². The Kier molecular flexibility index (Phi) is 4.52. The second-order valence-corrected chi connectivity index (χ2v) is 6.16. The van der Waals surface area contributed by atoms with Crippen molar-refractivity contribution in [2.24, 2.45) is 0 Å². The fourth-order valence-electron chi connectivity index (χ4n) is 1.32. The summed E-state index contributed by atoms with van der Waals surface area (Å²) in [4.78, 5) is 11.7. The number of nitrogens with one attached hydrogen (secondary N) is 1. The molecule has 3 N–H and O–H groups in total. The molecule has 1 amide bonds. The standard InChI is InChI=1S/C12H11ClN2OS2/c13-8-3-4-10(9(14)6-8)15-11(16)7-18-12-2-1-5-17-12/h1-6H,7,14H2,(H,15,16). The molecule has 0 unspecified atom stereocenters. The molecule has 6 heteroatoms. The zero-order chi connectivity index (χ0) is 13.0. The van der Waals surface area contributed by atoms with E-state index in [0.29, 0.717) is 22.2 Å². The first-order valence-electron chi connectivity index (χ1n) is 5.16. The summed E-state index contributed by atoms with van der Waals surface area (Å²) in [5.74, 6) is 0.283. The smallest absolute Gasteiger partial charge is 0.234 e. The molecule has 3 nitrogen and oxygen atoms in total. The Morgan fingerprint density at radius 3 is 2.94 bits per heavy atom. The van der Waals surface area contributed by atoms with Crippen molar-refractivity contribution in [3.63, 3.8) is 0 Å². The van der Waals surface area contributed by atoms with Gasteiger partial charge in [0.15, 0.2) is 0 Å². The number of nitrogen functional groups attached to an aromatic ring is 1. The van der Waals surface area contributed by atoms with Crippen LogP contribution in [0.5, 0.6) is 0 Å². The van der Waals surface area contributed by atoms with Crippen molar-refractivity contribution in [3.8, 4) is 0 Å². The van der Waals surface area contributed by atoms with Gasteiger partial charge in [0.05, 0.1) is 21.3 Å². The molecule has 0 bridgehead atoms. The summed E-state index contributed by atoms with van der Waals surface area (Å²) in [7, 11) is 0. The summed E-state index contributed by atoms with van der Waals surface area (Å²) in [6.07, 6.45) is 0. The Morgan fingerprint density at radius 2 is 2.28 bits per heavy atom. The third kappa shape index (κ3) is 3.66. The number of carbonyl (C=O) groups excluding carboxylic acids is 1. The van der Waals surface area contributed by atoms with Crippen LogP contribution in [0.2, 0.25) is 5.02 Å².